The predicted molar refractivity (Wildman–Crippen MR) is 73.9 cm³/mol. The maximum Gasteiger partial charge on any atom is 0.241 e. The molecular formula is C16H16FN2+. The number of fused-ring (bicyclic) bond motifs is 1. The van der Waals surface area contributed by atoms with Crippen molar-refractivity contribution in [1.82, 2.24) is 4.68 Å². The summed E-state index contributed by atoms with van der Waals surface area (Å²) >= 11 is 0. The standard InChI is InChI=1S/C16H16FN2/c1-11-8-14(17)9-12(2)16(11)19-10-13-6-4-5-7-15(13)18(19)3/h4-10H,1-3H3/q+1. The average molecular weight is 255 g/mol. The van der Waals surface area contributed by atoms with Gasteiger partial charge in [0, 0.05) is 11.1 Å². The minimum Gasteiger partial charge on any atom is -0.207 e. The van der Waals surface area contributed by atoms with Crippen molar-refractivity contribution in [3.8, 4) is 5.69 Å². The molecule has 0 saturated heterocycles. The Bertz CT molecular complexity index is 749. The van der Waals surface area contributed by atoms with E-state index in [1.807, 2.05) is 33.0 Å². The van der Waals surface area contributed by atoms with Gasteiger partial charge in [-0.1, -0.05) is 16.8 Å². The number of benzene rings is 2. The predicted octanol–water partition coefficient (Wildman–Crippen LogP) is 3.21. The maximum atomic E-state index is 13.4. The van der Waals surface area contributed by atoms with Gasteiger partial charge in [0.25, 0.3) is 0 Å². The first-order chi connectivity index (χ1) is 9.08. The van der Waals surface area contributed by atoms with Gasteiger partial charge in [0.15, 0.2) is 0 Å². The summed E-state index contributed by atoms with van der Waals surface area (Å²) in [6, 6.07) is 11.4. The van der Waals surface area contributed by atoms with E-state index in [1.165, 1.54) is 5.39 Å². The Labute approximate surface area is 111 Å². The lowest BCUT2D eigenvalue weighted by atomic mass is 10.1. The third kappa shape index (κ3) is 1.82. The molecule has 0 aliphatic heterocycles. The van der Waals surface area contributed by atoms with Crippen LogP contribution in [-0.4, -0.2) is 4.68 Å². The molecule has 1 aromatic heterocycles. The summed E-state index contributed by atoms with van der Waals surface area (Å²) in [5, 5.41) is 1.17. The summed E-state index contributed by atoms with van der Waals surface area (Å²) in [5.74, 6) is -0.182. The minimum absolute atomic E-state index is 0.182. The highest BCUT2D eigenvalue weighted by molar-refractivity contribution is 5.77. The van der Waals surface area contributed by atoms with Crippen LogP contribution in [0.5, 0.6) is 0 Å². The van der Waals surface area contributed by atoms with Gasteiger partial charge >= 0.3 is 0 Å². The molecule has 2 nitrogen and oxygen atoms in total. The molecule has 1 heterocycles. The van der Waals surface area contributed by atoms with Crippen LogP contribution in [0.2, 0.25) is 0 Å². The lowest BCUT2D eigenvalue weighted by Crippen LogP contribution is -2.40. The molecule has 0 aliphatic rings. The lowest BCUT2D eigenvalue weighted by molar-refractivity contribution is -0.680. The first kappa shape index (κ1) is 11.9. The van der Waals surface area contributed by atoms with Crippen molar-refractivity contribution >= 4 is 10.9 Å². The molecule has 0 aliphatic carbocycles. The molecule has 0 amide bonds. The second-order valence-corrected chi connectivity index (χ2v) is 4.94. The maximum absolute atomic E-state index is 13.4. The highest BCUT2D eigenvalue weighted by atomic mass is 19.1. The van der Waals surface area contributed by atoms with Crippen LogP contribution in [0.4, 0.5) is 4.39 Å². The number of hydrogen-bond donors (Lipinski definition) is 0. The van der Waals surface area contributed by atoms with Crippen LogP contribution in [0.1, 0.15) is 11.1 Å². The van der Waals surface area contributed by atoms with Crippen molar-refractivity contribution in [2.24, 2.45) is 7.05 Å². The molecule has 96 valence electrons. The monoisotopic (exact) mass is 255 g/mol. The third-order valence-corrected chi connectivity index (χ3v) is 3.55. The molecule has 0 radical (unpaired) electrons. The van der Waals surface area contributed by atoms with Crippen LogP contribution >= 0.6 is 0 Å². The van der Waals surface area contributed by atoms with E-state index in [9.17, 15) is 4.39 Å². The van der Waals surface area contributed by atoms with Crippen molar-refractivity contribution < 1.29 is 9.07 Å². The Kier molecular flexibility index (Phi) is 2.63. The van der Waals surface area contributed by atoms with Crippen LogP contribution in [-0.2, 0) is 7.05 Å². The Morgan fingerprint density at radius 3 is 2.32 bits per heavy atom. The van der Waals surface area contributed by atoms with Crippen molar-refractivity contribution in [2.45, 2.75) is 13.8 Å². The van der Waals surface area contributed by atoms with Crippen molar-refractivity contribution in [3.05, 3.63) is 59.5 Å². The summed E-state index contributed by atoms with van der Waals surface area (Å²) < 4.78 is 17.6. The Morgan fingerprint density at radius 1 is 1.05 bits per heavy atom. The highest BCUT2D eigenvalue weighted by Gasteiger charge is 2.20. The summed E-state index contributed by atoms with van der Waals surface area (Å²) in [5.41, 5.74) is 4.08. The molecule has 0 bridgehead atoms. The Balaban J connectivity index is 2.34. The number of rotatable bonds is 1. The van der Waals surface area contributed by atoms with Gasteiger partial charge in [-0.15, -0.1) is 0 Å². The lowest BCUT2D eigenvalue weighted by Gasteiger charge is -2.04. The van der Waals surface area contributed by atoms with Gasteiger partial charge in [-0.25, -0.2) is 4.39 Å². The van der Waals surface area contributed by atoms with Gasteiger partial charge < -0.3 is 0 Å². The molecule has 3 rings (SSSR count). The molecule has 0 spiro atoms. The Morgan fingerprint density at radius 2 is 1.68 bits per heavy atom. The zero-order valence-electron chi connectivity index (χ0n) is 11.3. The SMILES string of the molecule is Cc1cc(F)cc(C)c1-[n+]1cc2ccccc2n1C. The summed E-state index contributed by atoms with van der Waals surface area (Å²) in [4.78, 5) is 0. The largest absolute Gasteiger partial charge is 0.241 e. The van der Waals surface area contributed by atoms with E-state index in [4.69, 9.17) is 0 Å². The van der Waals surface area contributed by atoms with Crippen LogP contribution in [0.15, 0.2) is 42.6 Å². The molecule has 2 aromatic carbocycles. The van der Waals surface area contributed by atoms with Gasteiger partial charge in [-0.05, 0) is 38.1 Å². The number of aromatic nitrogens is 2. The van der Waals surface area contributed by atoms with Crippen LogP contribution in [0, 0.1) is 19.7 Å². The quantitative estimate of drug-likeness (QED) is 0.590. The van der Waals surface area contributed by atoms with Gasteiger partial charge in [-0.2, -0.15) is 4.68 Å². The van der Waals surface area contributed by atoms with E-state index in [1.54, 1.807) is 12.1 Å². The van der Waals surface area contributed by atoms with Crippen LogP contribution in [0.3, 0.4) is 0 Å². The van der Waals surface area contributed by atoms with Crippen molar-refractivity contribution in [1.29, 1.82) is 0 Å². The number of hydrogen-bond acceptors (Lipinski definition) is 0. The molecule has 3 heteroatoms. The number of para-hydroxylation sites is 1. The molecule has 0 atom stereocenters. The van der Waals surface area contributed by atoms with E-state index in [0.717, 1.165) is 22.3 Å². The van der Waals surface area contributed by atoms with Crippen molar-refractivity contribution in [3.63, 3.8) is 0 Å². The molecule has 3 aromatic rings. The number of nitrogens with zero attached hydrogens (tertiary/aromatic N) is 2. The molecule has 0 fully saturated rings. The minimum atomic E-state index is -0.182. The van der Waals surface area contributed by atoms with Gasteiger partial charge in [0.1, 0.15) is 11.3 Å². The van der Waals surface area contributed by atoms with Crippen LogP contribution < -0.4 is 4.68 Å². The van der Waals surface area contributed by atoms with E-state index in [-0.39, 0.29) is 5.82 Å². The second kappa shape index (κ2) is 4.19. The molecular weight excluding hydrogens is 239 g/mol. The van der Waals surface area contributed by atoms with Gasteiger partial charge in [-0.3, -0.25) is 0 Å². The first-order valence-corrected chi connectivity index (χ1v) is 6.31. The fourth-order valence-corrected chi connectivity index (χ4v) is 2.70. The third-order valence-electron chi connectivity index (χ3n) is 3.55. The Hall–Kier alpha value is -2.16. The van der Waals surface area contributed by atoms with E-state index >= 15 is 0 Å². The van der Waals surface area contributed by atoms with Crippen LogP contribution in [0.25, 0.3) is 16.6 Å². The smallest absolute Gasteiger partial charge is 0.207 e. The summed E-state index contributed by atoms with van der Waals surface area (Å²) in [7, 11) is 2.02. The highest BCUT2D eigenvalue weighted by Crippen LogP contribution is 2.18. The van der Waals surface area contributed by atoms with Crippen molar-refractivity contribution in [2.75, 3.05) is 0 Å². The zero-order valence-corrected chi connectivity index (χ0v) is 11.3. The van der Waals surface area contributed by atoms with E-state index < -0.39 is 0 Å². The molecule has 0 N–H and O–H groups in total. The fourth-order valence-electron chi connectivity index (χ4n) is 2.70. The van der Waals surface area contributed by atoms with E-state index in [2.05, 4.69) is 27.7 Å². The average Bonchev–Trinajstić information content (AvgIpc) is 2.66. The fraction of sp³-hybridized carbons (Fsp3) is 0.188. The molecule has 19 heavy (non-hydrogen) atoms. The topological polar surface area (TPSA) is 8.81 Å². The molecule has 0 saturated carbocycles. The zero-order chi connectivity index (χ0) is 13.6. The number of aryl methyl sites for hydroxylation is 3. The van der Waals surface area contributed by atoms with E-state index in [0.29, 0.717) is 0 Å². The normalized spacial score (nSPS) is 11.2. The second-order valence-electron chi connectivity index (χ2n) is 4.94. The first-order valence-electron chi connectivity index (χ1n) is 6.31. The van der Waals surface area contributed by atoms with Gasteiger partial charge in [0.05, 0.1) is 12.4 Å². The van der Waals surface area contributed by atoms with Gasteiger partial charge in [0.2, 0.25) is 11.9 Å². The summed E-state index contributed by atoms with van der Waals surface area (Å²) in [6.45, 7) is 3.88. The summed E-state index contributed by atoms with van der Waals surface area (Å²) in [6.07, 6.45) is 2.09. The molecule has 0 unspecified atom stereocenters. The number of halogens is 1.